The summed E-state index contributed by atoms with van der Waals surface area (Å²) in [6, 6.07) is 2.85. The number of pyridine rings is 1. The maximum Gasteiger partial charge on any atom is 0.267 e. The fourth-order valence-corrected chi connectivity index (χ4v) is 4.46. The van der Waals surface area contributed by atoms with Gasteiger partial charge in [0.25, 0.3) is 12.3 Å². The highest BCUT2D eigenvalue weighted by Crippen LogP contribution is 2.45. The van der Waals surface area contributed by atoms with E-state index in [2.05, 4.69) is 20.2 Å². The van der Waals surface area contributed by atoms with E-state index in [1.165, 1.54) is 41.6 Å². The van der Waals surface area contributed by atoms with Crippen molar-refractivity contribution in [2.24, 2.45) is 10.7 Å². The van der Waals surface area contributed by atoms with Gasteiger partial charge in [0.15, 0.2) is 17.6 Å². The van der Waals surface area contributed by atoms with Gasteiger partial charge in [-0.2, -0.15) is 10.2 Å². The van der Waals surface area contributed by atoms with Crippen molar-refractivity contribution in [3.05, 3.63) is 83.9 Å². The fourth-order valence-electron chi connectivity index (χ4n) is 4.46. The third-order valence-corrected chi connectivity index (χ3v) is 6.22. The lowest BCUT2D eigenvalue weighted by Gasteiger charge is -2.27. The molecule has 0 atom stereocenters. The Labute approximate surface area is 208 Å². The number of fused-ring (bicyclic) bond motifs is 1. The summed E-state index contributed by atoms with van der Waals surface area (Å²) in [6.45, 7) is 0. The molecule has 1 fully saturated rings. The molecule has 0 radical (unpaired) electrons. The molecule has 6 rings (SSSR count). The number of amides is 1. The first-order valence-corrected chi connectivity index (χ1v) is 11.4. The zero-order chi connectivity index (χ0) is 25.7. The summed E-state index contributed by atoms with van der Waals surface area (Å²) in [5, 5.41) is 8.69. The molecule has 10 nitrogen and oxygen atoms in total. The van der Waals surface area contributed by atoms with Crippen molar-refractivity contribution in [2.75, 3.05) is 0 Å². The number of hydrogen-bond acceptors (Lipinski definition) is 7. The summed E-state index contributed by atoms with van der Waals surface area (Å²) in [7, 11) is 0. The second-order valence-corrected chi connectivity index (χ2v) is 8.57. The molecular weight excluding hydrogens is 482 g/mol. The third-order valence-electron chi connectivity index (χ3n) is 6.22. The molecule has 0 aromatic carbocycles. The third kappa shape index (κ3) is 3.71. The number of nitrogens with zero attached hydrogens (tertiary/aromatic N) is 7. The lowest BCUT2D eigenvalue weighted by molar-refractivity contribution is 0.1000. The van der Waals surface area contributed by atoms with E-state index in [1.54, 1.807) is 34.0 Å². The summed E-state index contributed by atoms with van der Waals surface area (Å²) in [5.41, 5.74) is 7.25. The van der Waals surface area contributed by atoms with Crippen LogP contribution in [0.1, 0.15) is 46.8 Å². The number of aliphatic imine (C=N–C) groups is 1. The quantitative estimate of drug-likeness (QED) is 0.518. The Bertz CT molecular complexity index is 1600. The fraction of sp³-hybridized carbons (Fsp3) is 0.160. The Kier molecular flexibility index (Phi) is 5.24. The zero-order valence-electron chi connectivity index (χ0n) is 19.1. The van der Waals surface area contributed by atoms with Gasteiger partial charge in [0, 0.05) is 42.5 Å². The highest BCUT2D eigenvalue weighted by Gasteiger charge is 2.38. The molecule has 5 heterocycles. The van der Waals surface area contributed by atoms with Crippen molar-refractivity contribution >= 4 is 23.4 Å². The van der Waals surface area contributed by atoms with Crippen LogP contribution < -0.4 is 5.73 Å². The van der Waals surface area contributed by atoms with Gasteiger partial charge in [-0.1, -0.05) is 0 Å². The van der Waals surface area contributed by atoms with Gasteiger partial charge in [0.2, 0.25) is 0 Å². The van der Waals surface area contributed by atoms with Crippen LogP contribution in [0.15, 0.2) is 72.0 Å². The maximum atomic E-state index is 14.1. The summed E-state index contributed by atoms with van der Waals surface area (Å²) < 4.78 is 30.9. The number of halogens is 2. The van der Waals surface area contributed by atoms with E-state index in [1.807, 2.05) is 5.94 Å². The topological polar surface area (TPSA) is 124 Å². The number of hydrogen-bond donors (Lipinski definition) is 1. The number of carbonyl (C=O) groups excluding carboxylic acids is 2. The normalized spacial score (nSPS) is 16.5. The number of primary amides is 1. The molecule has 184 valence electrons. The lowest BCUT2D eigenvalue weighted by atomic mass is 10.0. The monoisotopic (exact) mass is 500 g/mol. The van der Waals surface area contributed by atoms with Gasteiger partial charge >= 0.3 is 0 Å². The van der Waals surface area contributed by atoms with Crippen LogP contribution in [-0.4, -0.2) is 47.1 Å². The predicted molar refractivity (Wildman–Crippen MR) is 129 cm³/mol. The van der Waals surface area contributed by atoms with Gasteiger partial charge in [-0.15, -0.1) is 0 Å². The van der Waals surface area contributed by atoms with Crippen LogP contribution in [0.2, 0.25) is 0 Å². The van der Waals surface area contributed by atoms with Crippen molar-refractivity contribution in [1.82, 2.24) is 29.4 Å². The second kappa shape index (κ2) is 8.61. The Morgan fingerprint density at radius 2 is 2.11 bits per heavy atom. The molecule has 2 N–H and O–H groups in total. The summed E-state index contributed by atoms with van der Waals surface area (Å²) in [5.74, 6) is 1.51. The molecule has 12 heteroatoms. The minimum atomic E-state index is -2.86. The van der Waals surface area contributed by atoms with Crippen molar-refractivity contribution < 1.29 is 18.4 Å². The minimum absolute atomic E-state index is 0.00398. The molecule has 37 heavy (non-hydrogen) atoms. The number of alkyl halides is 2. The highest BCUT2D eigenvalue weighted by atomic mass is 19.3. The lowest BCUT2D eigenvalue weighted by Crippen LogP contribution is -2.32. The van der Waals surface area contributed by atoms with Gasteiger partial charge in [-0.3, -0.25) is 9.69 Å². The Morgan fingerprint density at radius 3 is 2.78 bits per heavy atom. The van der Waals surface area contributed by atoms with Crippen molar-refractivity contribution in [3.63, 3.8) is 0 Å². The molecule has 1 aliphatic carbocycles. The molecule has 3 aromatic heterocycles. The van der Waals surface area contributed by atoms with Crippen LogP contribution in [-0.2, 0) is 4.79 Å². The minimum Gasteiger partial charge on any atom is -0.365 e. The predicted octanol–water partition coefficient (Wildman–Crippen LogP) is 3.36. The van der Waals surface area contributed by atoms with Gasteiger partial charge in [0.1, 0.15) is 17.1 Å². The van der Waals surface area contributed by atoms with Gasteiger partial charge < -0.3 is 5.73 Å². The SMILES string of the molecule is NC(=O)c1c(-c2cnc(-n3cccn3)c(C(F)F)c2)nn(C2=CC=CN3C(=C=O)C=CN=C23)c1C1CC1. The smallest absolute Gasteiger partial charge is 0.267 e. The molecule has 0 unspecified atom stereocenters. The first kappa shape index (κ1) is 22.5. The van der Waals surface area contributed by atoms with E-state index in [0.29, 0.717) is 17.2 Å². The van der Waals surface area contributed by atoms with Crippen LogP contribution in [0, 0.1) is 0 Å². The van der Waals surface area contributed by atoms with Crippen molar-refractivity contribution in [2.45, 2.75) is 25.2 Å². The van der Waals surface area contributed by atoms with E-state index >= 15 is 0 Å². The van der Waals surface area contributed by atoms with E-state index in [9.17, 15) is 18.4 Å². The van der Waals surface area contributed by atoms with Crippen molar-refractivity contribution in [1.29, 1.82) is 0 Å². The molecule has 0 spiro atoms. The van der Waals surface area contributed by atoms with E-state index in [-0.39, 0.29) is 39.8 Å². The van der Waals surface area contributed by atoms with Gasteiger partial charge in [0.05, 0.1) is 16.8 Å². The van der Waals surface area contributed by atoms with E-state index < -0.39 is 12.3 Å². The van der Waals surface area contributed by atoms with Crippen LogP contribution in [0.25, 0.3) is 22.8 Å². The van der Waals surface area contributed by atoms with E-state index in [0.717, 1.165) is 12.8 Å². The number of amidine groups is 1. The number of allylic oxidation sites excluding steroid dienone is 3. The molecule has 0 bridgehead atoms. The second-order valence-electron chi connectivity index (χ2n) is 8.57. The van der Waals surface area contributed by atoms with Crippen LogP contribution in [0.4, 0.5) is 8.78 Å². The standard InChI is InChI=1S/C25H18F2N8O2/c26-22(27)17-11-15(12-30-24(17)34-10-2-7-31-34)20-19(23(28)37)21(14-4-5-14)35(32-20)18-3-1-9-33-16(13-36)6-8-29-25(18)33/h1-3,6-12,14,22H,4-5H2,(H2,28,37). The van der Waals surface area contributed by atoms with Crippen LogP contribution >= 0.6 is 0 Å². The molecule has 0 saturated heterocycles. The molecule has 1 amide bonds. The number of nitrogens with two attached hydrogens (primary N) is 1. The van der Waals surface area contributed by atoms with Gasteiger partial charge in [-0.05, 0) is 43.2 Å². The maximum absolute atomic E-state index is 14.1. The molecule has 1 saturated carbocycles. The largest absolute Gasteiger partial charge is 0.365 e. The van der Waals surface area contributed by atoms with E-state index in [4.69, 9.17) is 5.73 Å². The first-order valence-electron chi connectivity index (χ1n) is 11.4. The number of carbonyl (C=O) groups is 1. The molecule has 3 aromatic rings. The number of rotatable bonds is 6. The molecule has 2 aliphatic heterocycles. The van der Waals surface area contributed by atoms with Gasteiger partial charge in [-0.25, -0.2) is 32.9 Å². The first-order chi connectivity index (χ1) is 18.0. The van der Waals surface area contributed by atoms with Crippen LogP contribution in [0.3, 0.4) is 0 Å². The Hall–Kier alpha value is -4.96. The van der Waals surface area contributed by atoms with Crippen LogP contribution in [0.5, 0.6) is 0 Å². The summed E-state index contributed by atoms with van der Waals surface area (Å²) in [4.78, 5) is 34.4. The number of aromatic nitrogens is 5. The molecule has 3 aliphatic rings. The summed E-state index contributed by atoms with van der Waals surface area (Å²) in [6.07, 6.45) is 11.2. The Morgan fingerprint density at radius 1 is 1.27 bits per heavy atom. The van der Waals surface area contributed by atoms with Crippen molar-refractivity contribution in [3.8, 4) is 17.1 Å². The highest BCUT2D eigenvalue weighted by molar-refractivity contribution is 6.20. The zero-order valence-corrected chi connectivity index (χ0v) is 19.1. The average molecular weight is 500 g/mol. The molecular formula is C25H18F2N8O2. The Balaban J connectivity index is 1.55. The summed E-state index contributed by atoms with van der Waals surface area (Å²) >= 11 is 0. The average Bonchev–Trinajstić information content (AvgIpc) is 3.44.